The molecule has 1 N–H and O–H groups in total. The predicted molar refractivity (Wildman–Crippen MR) is 146 cm³/mol. The molecule has 12 heteroatoms. The van der Waals surface area contributed by atoms with Gasteiger partial charge in [-0.15, -0.1) is 5.10 Å². The van der Waals surface area contributed by atoms with E-state index in [1.54, 1.807) is 21.8 Å². The number of hydrogen-bond donors (Lipinski definition) is 1. The van der Waals surface area contributed by atoms with Crippen molar-refractivity contribution in [2.24, 2.45) is 5.92 Å². The number of nitrogens with zero attached hydrogens (tertiary/aromatic N) is 7. The van der Waals surface area contributed by atoms with E-state index in [1.165, 1.54) is 0 Å². The van der Waals surface area contributed by atoms with Crippen molar-refractivity contribution >= 4 is 17.7 Å². The maximum Gasteiger partial charge on any atom is 0.410 e. The molecule has 2 saturated heterocycles. The van der Waals surface area contributed by atoms with Gasteiger partial charge >= 0.3 is 6.09 Å². The van der Waals surface area contributed by atoms with Crippen molar-refractivity contribution in [3.05, 3.63) is 18.6 Å². The summed E-state index contributed by atoms with van der Waals surface area (Å²) < 4.78 is 21.2. The van der Waals surface area contributed by atoms with E-state index in [0.29, 0.717) is 36.3 Å². The van der Waals surface area contributed by atoms with E-state index in [-0.39, 0.29) is 30.4 Å². The number of nitrogens with one attached hydrogen (secondary N) is 1. The van der Waals surface area contributed by atoms with Gasteiger partial charge in [0.1, 0.15) is 17.5 Å². The van der Waals surface area contributed by atoms with E-state index in [1.807, 2.05) is 45.5 Å². The van der Waals surface area contributed by atoms with Gasteiger partial charge in [0.2, 0.25) is 11.8 Å². The second kappa shape index (κ2) is 11.0. The third kappa shape index (κ3) is 6.26. The zero-order chi connectivity index (χ0) is 27.7. The van der Waals surface area contributed by atoms with Crippen LogP contribution in [-0.4, -0.2) is 77.8 Å². The van der Waals surface area contributed by atoms with Crippen molar-refractivity contribution in [1.29, 1.82) is 0 Å². The Kier molecular flexibility index (Phi) is 7.66. The van der Waals surface area contributed by atoms with E-state index >= 15 is 0 Å². The number of ether oxygens (including phenoxy) is 3. The Balaban J connectivity index is 1.35. The lowest BCUT2D eigenvalue weighted by atomic mass is 9.94. The van der Waals surface area contributed by atoms with Gasteiger partial charge in [-0.3, -0.25) is 0 Å². The summed E-state index contributed by atoms with van der Waals surface area (Å²) in [6.45, 7) is 13.7. The van der Waals surface area contributed by atoms with Crippen molar-refractivity contribution in [3.63, 3.8) is 0 Å². The Morgan fingerprint density at radius 1 is 1.21 bits per heavy atom. The lowest BCUT2D eigenvalue weighted by molar-refractivity contribution is -0.0394. The van der Waals surface area contributed by atoms with E-state index < -0.39 is 5.60 Å². The smallest absolute Gasteiger partial charge is 0.410 e. The number of amides is 1. The van der Waals surface area contributed by atoms with Crippen LogP contribution in [0.25, 0.3) is 16.9 Å². The number of carbonyl (C=O) groups excluding carboxylic acids is 1. The molecule has 0 radical (unpaired) electrons. The topological polar surface area (TPSA) is 121 Å². The first-order chi connectivity index (χ1) is 18.6. The van der Waals surface area contributed by atoms with Gasteiger partial charge in [0, 0.05) is 37.5 Å². The van der Waals surface area contributed by atoms with Crippen molar-refractivity contribution < 1.29 is 19.0 Å². The van der Waals surface area contributed by atoms with Crippen LogP contribution in [0.15, 0.2) is 18.6 Å². The summed E-state index contributed by atoms with van der Waals surface area (Å²) in [5.74, 6) is 1.20. The monoisotopic (exact) mass is 540 g/mol. The lowest BCUT2D eigenvalue weighted by Gasteiger charge is -2.37. The van der Waals surface area contributed by atoms with Crippen LogP contribution in [0.5, 0.6) is 5.88 Å². The minimum atomic E-state index is -0.513. The molecule has 3 aromatic heterocycles. The molecule has 39 heavy (non-hydrogen) atoms. The maximum atomic E-state index is 12.5. The molecule has 12 nitrogen and oxygen atoms in total. The molecule has 0 bridgehead atoms. The first kappa shape index (κ1) is 27.2. The van der Waals surface area contributed by atoms with E-state index in [2.05, 4.69) is 22.3 Å². The van der Waals surface area contributed by atoms with Crippen LogP contribution >= 0.6 is 0 Å². The highest BCUT2D eigenvalue weighted by Crippen LogP contribution is 2.31. The maximum absolute atomic E-state index is 12.5. The van der Waals surface area contributed by atoms with E-state index in [9.17, 15) is 4.79 Å². The van der Waals surface area contributed by atoms with Crippen LogP contribution in [0, 0.1) is 5.92 Å². The quantitative estimate of drug-likeness (QED) is 0.480. The molecular formula is C27H40N8O4. The summed E-state index contributed by atoms with van der Waals surface area (Å²) in [5, 5.41) is 12.8. The van der Waals surface area contributed by atoms with Gasteiger partial charge in [-0.1, -0.05) is 6.92 Å². The average Bonchev–Trinajstić information content (AvgIpc) is 3.52. The Labute approximate surface area is 229 Å². The number of piperidine rings is 1. The average molecular weight is 541 g/mol. The Hall–Kier alpha value is -3.41. The van der Waals surface area contributed by atoms with E-state index in [0.717, 1.165) is 37.9 Å². The highest BCUT2D eigenvalue weighted by molar-refractivity contribution is 5.68. The largest absolute Gasteiger partial charge is 0.473 e. The number of hydrogen-bond acceptors (Lipinski definition) is 9. The summed E-state index contributed by atoms with van der Waals surface area (Å²) in [6.07, 6.45) is 8.92. The fourth-order valence-corrected chi connectivity index (χ4v) is 4.99. The van der Waals surface area contributed by atoms with Crippen molar-refractivity contribution in [1.82, 2.24) is 34.3 Å². The van der Waals surface area contributed by atoms with Gasteiger partial charge in [0.05, 0.1) is 18.5 Å². The second-order valence-electron chi connectivity index (χ2n) is 11.8. The highest BCUT2D eigenvalue weighted by Gasteiger charge is 2.32. The minimum absolute atomic E-state index is 0.0587. The molecular weight excluding hydrogens is 500 g/mol. The van der Waals surface area contributed by atoms with Gasteiger partial charge in [0.15, 0.2) is 5.65 Å². The summed E-state index contributed by atoms with van der Waals surface area (Å²) in [7, 11) is 0. The normalized spacial score (nSPS) is 22.3. The van der Waals surface area contributed by atoms with Crippen LogP contribution in [0.2, 0.25) is 0 Å². The number of rotatable bonds is 6. The van der Waals surface area contributed by atoms with Gasteiger partial charge in [-0.2, -0.15) is 14.6 Å². The van der Waals surface area contributed by atoms with Gasteiger partial charge in [-0.25, -0.2) is 14.5 Å². The van der Waals surface area contributed by atoms with Gasteiger partial charge < -0.3 is 24.4 Å². The molecule has 3 aromatic rings. The van der Waals surface area contributed by atoms with Crippen LogP contribution in [-0.2, 0) is 9.47 Å². The summed E-state index contributed by atoms with van der Waals surface area (Å²) >= 11 is 0. The summed E-state index contributed by atoms with van der Waals surface area (Å²) in [4.78, 5) is 23.7. The molecule has 2 fully saturated rings. The first-order valence-corrected chi connectivity index (χ1v) is 13.9. The van der Waals surface area contributed by atoms with Crippen LogP contribution < -0.4 is 10.1 Å². The molecule has 3 atom stereocenters. The molecule has 0 spiro atoms. The molecule has 0 aliphatic carbocycles. The summed E-state index contributed by atoms with van der Waals surface area (Å²) in [5.41, 5.74) is 1.54. The fourth-order valence-electron chi connectivity index (χ4n) is 4.99. The fraction of sp³-hybridized carbons (Fsp3) is 0.667. The van der Waals surface area contributed by atoms with Crippen molar-refractivity contribution in [3.8, 4) is 17.1 Å². The standard InChI is InChI=1S/C27H40N8O4/c1-17(2)38-24-23(19-13-29-34(16-19)22-9-7-8-12-37-22)28-14-21-31-25(32-35(21)24)30-20-10-11-33(15-18(20)3)26(36)39-27(4,5)6/h13-14,16-18,20,22H,7-12,15H2,1-6H3,(H,30,32)/t18-,20+,22?/m1/s1. The minimum Gasteiger partial charge on any atom is -0.473 e. The zero-order valence-electron chi connectivity index (χ0n) is 23.8. The van der Waals surface area contributed by atoms with Crippen LogP contribution in [0.1, 0.15) is 73.5 Å². The molecule has 2 aliphatic rings. The van der Waals surface area contributed by atoms with Crippen LogP contribution in [0.3, 0.4) is 0 Å². The number of likely N-dealkylation sites (tertiary alicyclic amines) is 1. The number of carbonyl (C=O) groups is 1. The van der Waals surface area contributed by atoms with Crippen LogP contribution in [0.4, 0.5) is 10.7 Å². The number of anilines is 1. The molecule has 1 unspecified atom stereocenters. The van der Waals surface area contributed by atoms with E-state index in [4.69, 9.17) is 24.3 Å². The molecule has 5 rings (SSSR count). The predicted octanol–water partition coefficient (Wildman–Crippen LogP) is 4.53. The third-order valence-electron chi connectivity index (χ3n) is 6.88. The molecule has 5 heterocycles. The first-order valence-electron chi connectivity index (χ1n) is 13.9. The third-order valence-corrected chi connectivity index (χ3v) is 6.88. The zero-order valence-corrected chi connectivity index (χ0v) is 23.8. The highest BCUT2D eigenvalue weighted by atomic mass is 16.6. The summed E-state index contributed by atoms with van der Waals surface area (Å²) in [6, 6.07) is 0.108. The Bertz CT molecular complexity index is 1290. The molecule has 212 valence electrons. The number of aromatic nitrogens is 6. The van der Waals surface area contributed by atoms with Crippen molar-refractivity contribution in [2.75, 3.05) is 25.0 Å². The van der Waals surface area contributed by atoms with Gasteiger partial charge in [-0.05, 0) is 66.2 Å². The number of fused-ring (bicyclic) bond motifs is 1. The SMILES string of the molecule is CC(C)Oc1c(-c2cnn(C3CCCCO3)c2)ncc2nc(N[C@H]3CCN(C(=O)OC(C)(C)C)C[C@H]3C)nn12. The molecule has 0 aromatic carbocycles. The molecule has 2 aliphatic heterocycles. The Morgan fingerprint density at radius 3 is 2.72 bits per heavy atom. The second-order valence-corrected chi connectivity index (χ2v) is 11.8. The Morgan fingerprint density at radius 2 is 2.03 bits per heavy atom. The molecule has 1 amide bonds. The van der Waals surface area contributed by atoms with Gasteiger partial charge in [0.25, 0.3) is 0 Å². The molecule has 0 saturated carbocycles. The lowest BCUT2D eigenvalue weighted by Crippen LogP contribution is -2.49. The van der Waals surface area contributed by atoms with Crippen molar-refractivity contribution in [2.45, 2.75) is 91.2 Å².